The van der Waals surface area contributed by atoms with Gasteiger partial charge in [-0.25, -0.2) is 8.42 Å². The summed E-state index contributed by atoms with van der Waals surface area (Å²) in [6.45, 7) is 5.43. The number of sulfonamides is 1. The van der Waals surface area contributed by atoms with Gasteiger partial charge in [0.1, 0.15) is 0 Å². The Hall–Kier alpha value is -3.36. The fraction of sp³-hybridized carbons (Fsp3) is 0.269. The van der Waals surface area contributed by atoms with Crippen LogP contribution in [0.4, 0.5) is 11.4 Å². The summed E-state index contributed by atoms with van der Waals surface area (Å²) < 4.78 is 32.8. The molecular weight excluding hydrogens is 450 g/mol. The van der Waals surface area contributed by atoms with Crippen LogP contribution >= 0.6 is 0 Å². The van der Waals surface area contributed by atoms with Gasteiger partial charge in [-0.15, -0.1) is 0 Å². The largest absolute Gasteiger partial charge is 0.378 e. The lowest BCUT2D eigenvalue weighted by atomic mass is 10.1. The summed E-state index contributed by atoms with van der Waals surface area (Å²) in [6.07, 6.45) is 0. The minimum atomic E-state index is -3.81. The maximum Gasteiger partial charge on any atom is 0.264 e. The Kier molecular flexibility index (Phi) is 7.19. The van der Waals surface area contributed by atoms with Gasteiger partial charge in [-0.2, -0.15) is 0 Å². The first-order valence-electron chi connectivity index (χ1n) is 11.2. The second kappa shape index (κ2) is 10.3. The number of morpholine rings is 1. The minimum absolute atomic E-state index is 0.177. The molecular formula is C26H29N3O4S. The fourth-order valence-electron chi connectivity index (χ4n) is 3.86. The predicted octanol–water partition coefficient (Wildman–Crippen LogP) is 3.59. The third kappa shape index (κ3) is 5.24. The van der Waals surface area contributed by atoms with Crippen LogP contribution in [-0.2, 0) is 21.3 Å². The molecule has 0 atom stereocenters. The standard InChI is InChI=1S/C26H29N3O4S/c1-20-7-13-23(14-8-20)34(31,32)28(2)25-6-4-3-5-24(25)26(30)27-19-21-9-11-22(12-10-21)29-15-17-33-18-16-29/h3-14H,15-19H2,1-2H3,(H,27,30). The molecule has 0 radical (unpaired) electrons. The topological polar surface area (TPSA) is 79.0 Å². The smallest absolute Gasteiger partial charge is 0.264 e. The number of amides is 1. The quantitative estimate of drug-likeness (QED) is 0.560. The van der Waals surface area contributed by atoms with Crippen molar-refractivity contribution >= 4 is 27.3 Å². The van der Waals surface area contributed by atoms with E-state index in [0.29, 0.717) is 17.8 Å². The molecule has 1 heterocycles. The van der Waals surface area contributed by atoms with Crippen LogP contribution in [-0.4, -0.2) is 47.7 Å². The lowest BCUT2D eigenvalue weighted by Gasteiger charge is -2.28. The van der Waals surface area contributed by atoms with Gasteiger partial charge in [0.15, 0.2) is 0 Å². The lowest BCUT2D eigenvalue weighted by molar-refractivity contribution is 0.0951. The number of aryl methyl sites for hydroxylation is 1. The number of carbonyl (C=O) groups is 1. The average molecular weight is 480 g/mol. The molecule has 0 unspecified atom stereocenters. The summed E-state index contributed by atoms with van der Waals surface area (Å²) in [5.41, 5.74) is 3.68. The molecule has 178 valence electrons. The summed E-state index contributed by atoms with van der Waals surface area (Å²) in [5, 5.41) is 2.91. The third-order valence-electron chi connectivity index (χ3n) is 5.93. The van der Waals surface area contributed by atoms with Crippen LogP contribution in [0.15, 0.2) is 77.7 Å². The molecule has 0 aliphatic carbocycles. The lowest BCUT2D eigenvalue weighted by Crippen LogP contribution is -2.36. The van der Waals surface area contributed by atoms with Crippen molar-refractivity contribution in [2.45, 2.75) is 18.4 Å². The first-order chi connectivity index (χ1) is 16.4. The van der Waals surface area contributed by atoms with Gasteiger partial charge >= 0.3 is 0 Å². The van der Waals surface area contributed by atoms with Crippen molar-refractivity contribution < 1.29 is 17.9 Å². The summed E-state index contributed by atoms with van der Waals surface area (Å²) in [5.74, 6) is -0.334. The highest BCUT2D eigenvalue weighted by Crippen LogP contribution is 2.26. The highest BCUT2D eigenvalue weighted by Gasteiger charge is 2.25. The highest BCUT2D eigenvalue weighted by atomic mass is 32.2. The van der Waals surface area contributed by atoms with Crippen molar-refractivity contribution in [3.63, 3.8) is 0 Å². The van der Waals surface area contributed by atoms with Crippen molar-refractivity contribution in [1.82, 2.24) is 5.32 Å². The number of nitrogens with one attached hydrogen (secondary N) is 1. The van der Waals surface area contributed by atoms with E-state index in [1.165, 1.54) is 7.05 Å². The molecule has 0 aromatic heterocycles. The Bertz CT molecular complexity index is 1240. The first kappa shape index (κ1) is 23.8. The van der Waals surface area contributed by atoms with Crippen LogP contribution < -0.4 is 14.5 Å². The van der Waals surface area contributed by atoms with Gasteiger partial charge in [-0.05, 0) is 48.9 Å². The summed E-state index contributed by atoms with van der Waals surface area (Å²) in [7, 11) is -2.34. The first-order valence-corrected chi connectivity index (χ1v) is 12.6. The molecule has 0 saturated carbocycles. The van der Waals surface area contributed by atoms with E-state index in [4.69, 9.17) is 4.74 Å². The molecule has 8 heteroatoms. The zero-order valence-electron chi connectivity index (χ0n) is 19.4. The summed E-state index contributed by atoms with van der Waals surface area (Å²) in [4.78, 5) is 15.5. The van der Waals surface area contributed by atoms with Crippen molar-refractivity contribution in [1.29, 1.82) is 0 Å². The number of rotatable bonds is 7. The number of carbonyl (C=O) groups excluding carboxylic acids is 1. The molecule has 1 aliphatic rings. The van der Waals surface area contributed by atoms with Crippen LogP contribution in [0, 0.1) is 6.92 Å². The number of hydrogen-bond acceptors (Lipinski definition) is 5. The van der Waals surface area contributed by atoms with Gasteiger partial charge in [0.25, 0.3) is 15.9 Å². The van der Waals surface area contributed by atoms with Crippen LogP contribution in [0.5, 0.6) is 0 Å². The Morgan fingerprint density at radius 3 is 2.29 bits per heavy atom. The van der Waals surface area contributed by atoms with Crippen molar-refractivity contribution in [2.24, 2.45) is 0 Å². The van der Waals surface area contributed by atoms with Crippen LogP contribution in [0.1, 0.15) is 21.5 Å². The molecule has 34 heavy (non-hydrogen) atoms. The number of hydrogen-bond donors (Lipinski definition) is 1. The van der Waals surface area contributed by atoms with Gasteiger partial charge in [-0.3, -0.25) is 9.10 Å². The van der Waals surface area contributed by atoms with E-state index in [1.807, 2.05) is 31.2 Å². The molecule has 1 N–H and O–H groups in total. The Balaban J connectivity index is 1.46. The third-order valence-corrected chi connectivity index (χ3v) is 7.72. The molecule has 1 fully saturated rings. The second-order valence-electron chi connectivity index (χ2n) is 8.25. The normalized spacial score (nSPS) is 14.0. The van der Waals surface area contributed by atoms with Gasteiger partial charge in [0.2, 0.25) is 0 Å². The van der Waals surface area contributed by atoms with E-state index in [1.54, 1.807) is 48.5 Å². The zero-order valence-corrected chi connectivity index (χ0v) is 20.2. The number of para-hydroxylation sites is 1. The average Bonchev–Trinajstić information content (AvgIpc) is 2.88. The van der Waals surface area contributed by atoms with Crippen molar-refractivity contribution in [3.8, 4) is 0 Å². The van der Waals surface area contributed by atoms with Crippen molar-refractivity contribution in [3.05, 3.63) is 89.5 Å². The Morgan fingerprint density at radius 1 is 0.971 bits per heavy atom. The zero-order chi connectivity index (χ0) is 24.1. The van der Waals surface area contributed by atoms with Crippen LogP contribution in [0.25, 0.3) is 0 Å². The molecule has 7 nitrogen and oxygen atoms in total. The molecule has 0 bridgehead atoms. The van der Waals surface area contributed by atoms with E-state index in [-0.39, 0.29) is 10.8 Å². The van der Waals surface area contributed by atoms with E-state index < -0.39 is 10.0 Å². The number of benzene rings is 3. The van der Waals surface area contributed by atoms with E-state index in [9.17, 15) is 13.2 Å². The van der Waals surface area contributed by atoms with E-state index >= 15 is 0 Å². The van der Waals surface area contributed by atoms with Crippen LogP contribution in [0.3, 0.4) is 0 Å². The SMILES string of the molecule is Cc1ccc(S(=O)(=O)N(C)c2ccccc2C(=O)NCc2ccc(N3CCOCC3)cc2)cc1. The predicted molar refractivity (Wildman–Crippen MR) is 134 cm³/mol. The Morgan fingerprint density at radius 2 is 1.62 bits per heavy atom. The van der Waals surface area contributed by atoms with E-state index in [0.717, 1.165) is 47.4 Å². The fourth-order valence-corrected chi connectivity index (χ4v) is 5.08. The monoisotopic (exact) mass is 479 g/mol. The summed E-state index contributed by atoms with van der Waals surface area (Å²) in [6, 6.07) is 21.4. The number of ether oxygens (including phenoxy) is 1. The molecule has 1 aliphatic heterocycles. The molecule has 4 rings (SSSR count). The van der Waals surface area contributed by atoms with Crippen molar-refractivity contribution in [2.75, 3.05) is 42.6 Å². The Labute approximate surface area is 201 Å². The molecule has 1 amide bonds. The van der Waals surface area contributed by atoms with Gasteiger partial charge in [0.05, 0.1) is 29.4 Å². The number of nitrogens with zero attached hydrogens (tertiary/aromatic N) is 2. The molecule has 1 saturated heterocycles. The van der Waals surface area contributed by atoms with Gasteiger partial charge in [0, 0.05) is 32.4 Å². The van der Waals surface area contributed by atoms with Gasteiger partial charge < -0.3 is 15.0 Å². The molecule has 3 aromatic rings. The second-order valence-corrected chi connectivity index (χ2v) is 10.2. The van der Waals surface area contributed by atoms with E-state index in [2.05, 4.69) is 10.2 Å². The van der Waals surface area contributed by atoms with Gasteiger partial charge in [-0.1, -0.05) is 42.0 Å². The maximum absolute atomic E-state index is 13.1. The minimum Gasteiger partial charge on any atom is -0.378 e. The molecule has 0 spiro atoms. The maximum atomic E-state index is 13.1. The van der Waals surface area contributed by atoms with Crippen LogP contribution in [0.2, 0.25) is 0 Å². The highest BCUT2D eigenvalue weighted by molar-refractivity contribution is 7.92. The molecule has 3 aromatic carbocycles. The summed E-state index contributed by atoms with van der Waals surface area (Å²) >= 11 is 0. The number of anilines is 2.